The lowest BCUT2D eigenvalue weighted by molar-refractivity contribution is -0.385. The predicted octanol–water partition coefficient (Wildman–Crippen LogP) is 1.25. The van der Waals surface area contributed by atoms with Gasteiger partial charge in [0.2, 0.25) is 0 Å². The number of hydrogen-bond acceptors (Lipinski definition) is 5. The summed E-state index contributed by atoms with van der Waals surface area (Å²) in [5, 5.41) is 28.4. The number of benzene rings is 1. The first-order valence-corrected chi connectivity index (χ1v) is 5.01. The molecule has 1 amide bonds. The Hall–Kier alpha value is -3.14. The summed E-state index contributed by atoms with van der Waals surface area (Å²) in [6.45, 7) is 0. The number of hydrogen-bond donors (Lipinski definition) is 2. The molecule has 0 fully saturated rings. The molecule has 0 aromatic heterocycles. The smallest absolute Gasteiger partial charge is 0.310 e. The zero-order valence-electron chi connectivity index (χ0n) is 9.61. The summed E-state index contributed by atoms with van der Waals surface area (Å²) in [5.74, 6) is -1.31. The van der Waals surface area contributed by atoms with E-state index in [1.165, 1.54) is 30.4 Å². The Bertz CT molecular complexity index is 626. The van der Waals surface area contributed by atoms with Crippen molar-refractivity contribution in [3.8, 4) is 11.8 Å². The van der Waals surface area contributed by atoms with Gasteiger partial charge >= 0.3 is 5.69 Å². The van der Waals surface area contributed by atoms with Gasteiger partial charge in [-0.3, -0.25) is 14.9 Å². The summed E-state index contributed by atoms with van der Waals surface area (Å²) < 4.78 is 0. The largest absolute Gasteiger partial charge is 0.502 e. The third-order valence-corrected chi connectivity index (χ3v) is 2.13. The van der Waals surface area contributed by atoms with Crippen molar-refractivity contribution in [2.45, 2.75) is 0 Å². The normalized spacial score (nSPS) is 11.2. The lowest BCUT2D eigenvalue weighted by Crippen LogP contribution is -2.12. The van der Waals surface area contributed by atoms with Crippen LogP contribution >= 0.6 is 0 Å². The molecule has 0 heterocycles. The standard InChI is InChI=1S/C12H9N3O4/c13-7-9(12(14)17)3-1-2-8-4-5-10(15(18)19)11(16)6-8/h1-6,16H,(H2,14,17)/b2-1+,9-3+. The molecule has 3 N–H and O–H groups in total. The van der Waals surface area contributed by atoms with Crippen LogP contribution in [0.25, 0.3) is 6.08 Å². The van der Waals surface area contributed by atoms with E-state index in [4.69, 9.17) is 11.0 Å². The number of carbonyl (C=O) groups excluding carboxylic acids is 1. The van der Waals surface area contributed by atoms with Crippen LogP contribution in [-0.4, -0.2) is 15.9 Å². The molecule has 7 nitrogen and oxygen atoms in total. The number of phenols is 1. The van der Waals surface area contributed by atoms with Gasteiger partial charge in [0.15, 0.2) is 5.75 Å². The van der Waals surface area contributed by atoms with Gasteiger partial charge in [-0.25, -0.2) is 0 Å². The highest BCUT2D eigenvalue weighted by molar-refractivity contribution is 5.96. The van der Waals surface area contributed by atoms with Crippen LogP contribution in [0.4, 0.5) is 5.69 Å². The summed E-state index contributed by atoms with van der Waals surface area (Å²) >= 11 is 0. The van der Waals surface area contributed by atoms with Gasteiger partial charge in [-0.05, 0) is 23.8 Å². The molecular weight excluding hydrogens is 250 g/mol. The van der Waals surface area contributed by atoms with Crippen LogP contribution < -0.4 is 5.73 Å². The van der Waals surface area contributed by atoms with Crippen molar-refractivity contribution >= 4 is 17.7 Å². The lowest BCUT2D eigenvalue weighted by atomic mass is 10.1. The molecule has 0 saturated carbocycles. The Balaban J connectivity index is 2.96. The van der Waals surface area contributed by atoms with Gasteiger partial charge in [-0.15, -0.1) is 0 Å². The average Bonchev–Trinajstić information content (AvgIpc) is 2.33. The number of nitro benzene ring substituents is 1. The van der Waals surface area contributed by atoms with Crippen LogP contribution in [0.3, 0.4) is 0 Å². The molecule has 0 atom stereocenters. The van der Waals surface area contributed by atoms with Crippen molar-refractivity contribution in [3.63, 3.8) is 0 Å². The molecule has 0 aliphatic rings. The van der Waals surface area contributed by atoms with E-state index in [0.29, 0.717) is 5.56 Å². The third kappa shape index (κ3) is 3.67. The number of carbonyl (C=O) groups is 1. The predicted molar refractivity (Wildman–Crippen MR) is 66.7 cm³/mol. The van der Waals surface area contributed by atoms with Crippen molar-refractivity contribution < 1.29 is 14.8 Å². The summed E-state index contributed by atoms with van der Waals surface area (Å²) in [4.78, 5) is 20.5. The van der Waals surface area contributed by atoms with Crippen molar-refractivity contribution in [2.75, 3.05) is 0 Å². The maximum Gasteiger partial charge on any atom is 0.310 e. The molecule has 96 valence electrons. The van der Waals surface area contributed by atoms with Crippen LogP contribution in [0.15, 0.2) is 35.9 Å². The van der Waals surface area contributed by atoms with Crippen LogP contribution in [0, 0.1) is 21.4 Å². The van der Waals surface area contributed by atoms with Gasteiger partial charge in [0.05, 0.1) is 4.92 Å². The molecule has 1 aromatic rings. The minimum Gasteiger partial charge on any atom is -0.502 e. The van der Waals surface area contributed by atoms with Crippen molar-refractivity contribution in [3.05, 3.63) is 51.6 Å². The number of nitrogens with two attached hydrogens (primary N) is 1. The number of nitrogens with zero attached hydrogens (tertiary/aromatic N) is 2. The molecule has 19 heavy (non-hydrogen) atoms. The average molecular weight is 259 g/mol. The third-order valence-electron chi connectivity index (χ3n) is 2.13. The van der Waals surface area contributed by atoms with Crippen molar-refractivity contribution in [1.29, 1.82) is 5.26 Å². The van der Waals surface area contributed by atoms with E-state index in [1.54, 1.807) is 6.07 Å². The molecule has 0 unspecified atom stereocenters. The highest BCUT2D eigenvalue weighted by Crippen LogP contribution is 2.26. The van der Waals surface area contributed by atoms with Gasteiger partial charge in [-0.1, -0.05) is 12.2 Å². The van der Waals surface area contributed by atoms with Crippen LogP contribution in [0.5, 0.6) is 5.75 Å². The lowest BCUT2D eigenvalue weighted by Gasteiger charge is -1.97. The van der Waals surface area contributed by atoms with Crippen LogP contribution in [0.1, 0.15) is 5.56 Å². The summed E-state index contributed by atoms with van der Waals surface area (Å²) in [6.07, 6.45) is 4.05. The second-order valence-corrected chi connectivity index (χ2v) is 3.42. The molecule has 0 aliphatic carbocycles. The molecule has 0 bridgehead atoms. The quantitative estimate of drug-likeness (QED) is 0.276. The number of aromatic hydroxyl groups is 1. The van der Waals surface area contributed by atoms with E-state index in [2.05, 4.69) is 0 Å². The fourth-order valence-electron chi connectivity index (χ4n) is 1.23. The summed E-state index contributed by atoms with van der Waals surface area (Å²) in [6, 6.07) is 5.38. The van der Waals surface area contributed by atoms with Gasteiger partial charge in [-0.2, -0.15) is 5.26 Å². The Morgan fingerprint density at radius 3 is 2.68 bits per heavy atom. The first kappa shape index (κ1) is 13.9. The van der Waals surface area contributed by atoms with Gasteiger partial charge in [0.25, 0.3) is 5.91 Å². The second-order valence-electron chi connectivity index (χ2n) is 3.42. The molecule has 0 aliphatic heterocycles. The van der Waals surface area contributed by atoms with E-state index in [0.717, 1.165) is 6.07 Å². The van der Waals surface area contributed by atoms with Crippen molar-refractivity contribution in [2.24, 2.45) is 5.73 Å². The monoisotopic (exact) mass is 259 g/mol. The SMILES string of the molecule is N#C/C(=C\C=C\c1ccc([N+](=O)[O-])c(O)c1)C(N)=O. The zero-order valence-corrected chi connectivity index (χ0v) is 9.61. The first-order chi connectivity index (χ1) is 8.95. The molecular formula is C12H9N3O4. The van der Waals surface area contributed by atoms with Gasteiger partial charge in [0.1, 0.15) is 11.6 Å². The minimum absolute atomic E-state index is 0.220. The minimum atomic E-state index is -0.848. The Morgan fingerprint density at radius 1 is 1.53 bits per heavy atom. The highest BCUT2D eigenvalue weighted by atomic mass is 16.6. The number of rotatable bonds is 4. The zero-order chi connectivity index (χ0) is 14.4. The molecule has 0 radical (unpaired) electrons. The van der Waals surface area contributed by atoms with Crippen LogP contribution in [-0.2, 0) is 4.79 Å². The topological polar surface area (TPSA) is 130 Å². The summed E-state index contributed by atoms with van der Waals surface area (Å²) in [5.41, 5.74) is 4.78. The van der Waals surface area contributed by atoms with Crippen LogP contribution in [0.2, 0.25) is 0 Å². The molecule has 7 heteroatoms. The fraction of sp³-hybridized carbons (Fsp3) is 0. The van der Waals surface area contributed by atoms with Gasteiger partial charge in [0, 0.05) is 6.07 Å². The van der Waals surface area contributed by atoms with E-state index < -0.39 is 22.3 Å². The maximum atomic E-state index is 10.7. The molecule has 0 saturated heterocycles. The number of allylic oxidation sites excluding steroid dienone is 2. The fourth-order valence-corrected chi connectivity index (χ4v) is 1.23. The maximum absolute atomic E-state index is 10.7. The molecule has 1 rings (SSSR count). The number of primary amides is 1. The Morgan fingerprint density at radius 2 is 2.21 bits per heavy atom. The highest BCUT2D eigenvalue weighted by Gasteiger charge is 2.11. The number of nitriles is 1. The summed E-state index contributed by atoms with van der Waals surface area (Å²) in [7, 11) is 0. The van der Waals surface area contributed by atoms with E-state index in [1.807, 2.05) is 0 Å². The Labute approximate surface area is 108 Å². The number of nitro groups is 1. The van der Waals surface area contributed by atoms with E-state index in [-0.39, 0.29) is 5.57 Å². The Kier molecular flexibility index (Phi) is 4.38. The van der Waals surface area contributed by atoms with E-state index >= 15 is 0 Å². The van der Waals surface area contributed by atoms with E-state index in [9.17, 15) is 20.0 Å². The second kappa shape index (κ2) is 5.97. The first-order valence-electron chi connectivity index (χ1n) is 5.01. The number of phenolic OH excluding ortho intramolecular Hbond substituents is 1. The van der Waals surface area contributed by atoms with Crippen molar-refractivity contribution in [1.82, 2.24) is 0 Å². The molecule has 0 spiro atoms. The van der Waals surface area contributed by atoms with Gasteiger partial charge < -0.3 is 10.8 Å². The number of amides is 1. The molecule has 1 aromatic carbocycles.